The Morgan fingerprint density at radius 3 is 2.43 bits per heavy atom. The molecule has 2 aromatic carbocycles. The molecule has 1 N–H and O–H groups in total. The molecule has 2 aliphatic heterocycles. The molecule has 0 saturated carbocycles. The van der Waals surface area contributed by atoms with Crippen LogP contribution in [0.1, 0.15) is 36.8 Å². The first-order chi connectivity index (χ1) is 14.5. The first-order valence-electron chi connectivity index (χ1n) is 10.6. The van der Waals surface area contributed by atoms with Crippen LogP contribution in [-0.2, 0) is 16.9 Å². The van der Waals surface area contributed by atoms with Gasteiger partial charge in [0.05, 0.1) is 19.3 Å². The lowest BCUT2D eigenvalue weighted by atomic mass is 9.80. The highest BCUT2D eigenvalue weighted by atomic mass is 19.1. The summed E-state index contributed by atoms with van der Waals surface area (Å²) < 4.78 is 30.6. The molecule has 2 bridgehead atoms. The molecule has 0 radical (unpaired) electrons. The van der Waals surface area contributed by atoms with Gasteiger partial charge in [0.1, 0.15) is 12.4 Å². The molecule has 2 aromatic rings. The van der Waals surface area contributed by atoms with E-state index in [-0.39, 0.29) is 17.9 Å². The van der Waals surface area contributed by atoms with E-state index in [4.69, 9.17) is 14.2 Å². The second kappa shape index (κ2) is 8.92. The number of aliphatic hydroxyl groups is 1. The lowest BCUT2D eigenvalue weighted by Crippen LogP contribution is -2.49. The van der Waals surface area contributed by atoms with Gasteiger partial charge in [0.2, 0.25) is 0 Å². The lowest BCUT2D eigenvalue weighted by Gasteiger charge is -2.44. The fourth-order valence-electron chi connectivity index (χ4n) is 5.01. The third kappa shape index (κ3) is 4.17. The maximum Gasteiger partial charge on any atom is 0.161 e. The van der Waals surface area contributed by atoms with Gasteiger partial charge in [-0.25, -0.2) is 4.39 Å². The summed E-state index contributed by atoms with van der Waals surface area (Å²) in [6, 6.07) is 13.1. The van der Waals surface area contributed by atoms with Crippen molar-refractivity contribution in [3.8, 4) is 11.5 Å². The average Bonchev–Trinajstić information content (AvgIpc) is 2.98. The summed E-state index contributed by atoms with van der Waals surface area (Å²) in [6.07, 6.45) is 3.16. The quantitative estimate of drug-likeness (QED) is 0.664. The molecular formula is C24H30FNO4. The molecule has 30 heavy (non-hydrogen) atoms. The Balaban J connectivity index is 1.47. The molecular weight excluding hydrogens is 385 g/mol. The number of piperidine rings is 1. The van der Waals surface area contributed by atoms with Gasteiger partial charge < -0.3 is 19.3 Å². The number of rotatable bonds is 8. The standard InChI is InChI=1S/C24H30FNO4/c1-28-11-12-30-22-10-7-17(13-23(22)29-2)16-26-18-8-9-19(26)15-24(27,14-18)20-5-3-4-6-21(20)25/h3-7,10,13,18-19,27H,8-9,11-12,14-16H2,1-2H3/t18-,19-/m0/s1. The van der Waals surface area contributed by atoms with Gasteiger partial charge in [-0.2, -0.15) is 0 Å². The van der Waals surface area contributed by atoms with Gasteiger partial charge in [-0.3, -0.25) is 4.90 Å². The number of nitrogens with zero attached hydrogens (tertiary/aromatic N) is 1. The largest absolute Gasteiger partial charge is 0.493 e. The number of methoxy groups -OCH3 is 2. The average molecular weight is 416 g/mol. The molecule has 2 heterocycles. The Bertz CT molecular complexity index is 860. The molecule has 0 spiro atoms. The number of halogens is 1. The fraction of sp³-hybridized carbons (Fsp3) is 0.500. The van der Waals surface area contributed by atoms with Crippen molar-refractivity contribution in [3.05, 3.63) is 59.4 Å². The summed E-state index contributed by atoms with van der Waals surface area (Å²) in [4.78, 5) is 2.45. The molecule has 2 atom stereocenters. The van der Waals surface area contributed by atoms with E-state index in [2.05, 4.69) is 11.0 Å². The zero-order valence-corrected chi connectivity index (χ0v) is 17.6. The minimum absolute atomic E-state index is 0.233. The van der Waals surface area contributed by atoms with Crippen LogP contribution in [0, 0.1) is 5.82 Å². The van der Waals surface area contributed by atoms with Gasteiger partial charge in [0.15, 0.2) is 11.5 Å². The number of hydrogen-bond acceptors (Lipinski definition) is 5. The van der Waals surface area contributed by atoms with Gasteiger partial charge in [0.25, 0.3) is 0 Å². The number of hydrogen-bond donors (Lipinski definition) is 1. The van der Waals surface area contributed by atoms with Crippen molar-refractivity contribution in [2.24, 2.45) is 0 Å². The van der Waals surface area contributed by atoms with Crippen molar-refractivity contribution >= 4 is 0 Å². The predicted octanol–water partition coefficient (Wildman–Crippen LogP) is 3.87. The van der Waals surface area contributed by atoms with E-state index in [1.807, 2.05) is 12.1 Å². The molecule has 4 rings (SSSR count). The monoisotopic (exact) mass is 415 g/mol. The molecule has 0 aliphatic carbocycles. The molecule has 5 nitrogen and oxygen atoms in total. The Morgan fingerprint density at radius 2 is 1.77 bits per heavy atom. The molecule has 0 unspecified atom stereocenters. The predicted molar refractivity (Wildman–Crippen MR) is 112 cm³/mol. The molecule has 0 aromatic heterocycles. The summed E-state index contributed by atoms with van der Waals surface area (Å²) in [5.41, 5.74) is 0.477. The van der Waals surface area contributed by atoms with Crippen LogP contribution in [0.2, 0.25) is 0 Å². The van der Waals surface area contributed by atoms with Crippen molar-refractivity contribution in [1.82, 2.24) is 4.90 Å². The van der Waals surface area contributed by atoms with E-state index in [1.54, 1.807) is 32.4 Å². The second-order valence-corrected chi connectivity index (χ2v) is 8.30. The van der Waals surface area contributed by atoms with Gasteiger partial charge in [-0.1, -0.05) is 24.3 Å². The second-order valence-electron chi connectivity index (χ2n) is 8.30. The fourth-order valence-corrected chi connectivity index (χ4v) is 5.01. The Kier molecular flexibility index (Phi) is 6.27. The molecule has 2 fully saturated rings. The maximum absolute atomic E-state index is 14.4. The third-order valence-electron chi connectivity index (χ3n) is 6.43. The van der Waals surface area contributed by atoms with Gasteiger partial charge in [-0.05, 0) is 49.4 Å². The third-order valence-corrected chi connectivity index (χ3v) is 6.43. The summed E-state index contributed by atoms with van der Waals surface area (Å²) in [5, 5.41) is 11.3. The van der Waals surface area contributed by atoms with Crippen molar-refractivity contribution in [2.45, 2.75) is 49.9 Å². The van der Waals surface area contributed by atoms with E-state index in [9.17, 15) is 9.50 Å². The molecule has 2 aliphatic rings. The van der Waals surface area contributed by atoms with Crippen LogP contribution < -0.4 is 9.47 Å². The Labute approximate surface area is 177 Å². The smallest absolute Gasteiger partial charge is 0.161 e. The van der Waals surface area contributed by atoms with Crippen molar-refractivity contribution in [2.75, 3.05) is 27.4 Å². The summed E-state index contributed by atoms with van der Waals surface area (Å²) in [6.45, 7) is 1.77. The van der Waals surface area contributed by atoms with Crippen LogP contribution in [0.15, 0.2) is 42.5 Å². The van der Waals surface area contributed by atoms with Crippen LogP contribution in [0.4, 0.5) is 4.39 Å². The topological polar surface area (TPSA) is 51.2 Å². The van der Waals surface area contributed by atoms with Crippen molar-refractivity contribution in [3.63, 3.8) is 0 Å². The van der Waals surface area contributed by atoms with Crippen LogP contribution in [0.25, 0.3) is 0 Å². The zero-order chi connectivity index (χ0) is 21.1. The van der Waals surface area contributed by atoms with Crippen LogP contribution >= 0.6 is 0 Å². The van der Waals surface area contributed by atoms with E-state index < -0.39 is 5.60 Å². The minimum atomic E-state index is -1.09. The van der Waals surface area contributed by atoms with Crippen molar-refractivity contribution in [1.29, 1.82) is 0 Å². The SMILES string of the molecule is COCCOc1ccc(CN2[C@H]3CC[C@H]2CC(O)(c2ccccc2F)C3)cc1OC. The highest BCUT2D eigenvalue weighted by Crippen LogP contribution is 2.47. The molecule has 162 valence electrons. The Morgan fingerprint density at radius 1 is 1.03 bits per heavy atom. The maximum atomic E-state index is 14.4. The normalized spacial score (nSPS) is 26.0. The van der Waals surface area contributed by atoms with Crippen molar-refractivity contribution < 1.29 is 23.7 Å². The van der Waals surface area contributed by atoms with Gasteiger partial charge in [-0.15, -0.1) is 0 Å². The minimum Gasteiger partial charge on any atom is -0.493 e. The van der Waals surface area contributed by atoms with Gasteiger partial charge in [0, 0.05) is 31.3 Å². The Hall–Kier alpha value is -2.15. The molecule has 6 heteroatoms. The number of ether oxygens (including phenoxy) is 3. The van der Waals surface area contributed by atoms with Crippen LogP contribution in [0.5, 0.6) is 11.5 Å². The van der Waals surface area contributed by atoms with Gasteiger partial charge >= 0.3 is 0 Å². The van der Waals surface area contributed by atoms with E-state index in [0.717, 1.165) is 24.9 Å². The number of fused-ring (bicyclic) bond motifs is 2. The number of benzene rings is 2. The summed E-state index contributed by atoms with van der Waals surface area (Å²) >= 11 is 0. The zero-order valence-electron chi connectivity index (χ0n) is 17.6. The van der Waals surface area contributed by atoms with Crippen LogP contribution in [0.3, 0.4) is 0 Å². The highest BCUT2D eigenvalue weighted by Gasteiger charge is 2.48. The molecule has 2 saturated heterocycles. The van der Waals surface area contributed by atoms with E-state index in [0.29, 0.717) is 43.1 Å². The summed E-state index contributed by atoms with van der Waals surface area (Å²) in [5.74, 6) is 1.09. The molecule has 0 amide bonds. The first-order valence-corrected chi connectivity index (χ1v) is 10.6. The lowest BCUT2D eigenvalue weighted by molar-refractivity contribution is -0.0615. The first kappa shape index (κ1) is 21.1. The van der Waals surface area contributed by atoms with Crippen LogP contribution in [-0.4, -0.2) is 49.5 Å². The van der Waals surface area contributed by atoms with E-state index in [1.165, 1.54) is 6.07 Å². The summed E-state index contributed by atoms with van der Waals surface area (Å²) in [7, 11) is 3.28. The highest BCUT2D eigenvalue weighted by molar-refractivity contribution is 5.43. The van der Waals surface area contributed by atoms with E-state index >= 15 is 0 Å².